The number of nitrogens with one attached hydrogen (secondary N) is 2. The Hall–Kier alpha value is -2.04. The van der Waals surface area contributed by atoms with Gasteiger partial charge in [-0.05, 0) is 41.8 Å². The molecule has 2 aromatic rings. The maximum absolute atomic E-state index is 12.4. The van der Waals surface area contributed by atoms with Crippen LogP contribution in [0.15, 0.2) is 48.5 Å². The molecule has 2 rings (SSSR count). The molecule has 0 spiro atoms. The summed E-state index contributed by atoms with van der Waals surface area (Å²) in [7, 11) is 0. The highest BCUT2D eigenvalue weighted by Crippen LogP contribution is 2.12. The molecule has 0 fully saturated rings. The van der Waals surface area contributed by atoms with Gasteiger partial charge in [-0.1, -0.05) is 54.4 Å². The first kappa shape index (κ1) is 20.3. The lowest BCUT2D eigenvalue weighted by Crippen LogP contribution is -2.48. The second kappa shape index (κ2) is 10.2. The van der Waals surface area contributed by atoms with Crippen LogP contribution in [-0.4, -0.2) is 24.4 Å². The van der Waals surface area contributed by atoms with Crippen molar-refractivity contribution in [3.63, 3.8) is 0 Å². The Morgan fingerprint density at radius 2 is 1.46 bits per heavy atom. The van der Waals surface area contributed by atoms with E-state index in [4.69, 9.17) is 23.2 Å². The van der Waals surface area contributed by atoms with E-state index in [2.05, 4.69) is 10.6 Å². The Morgan fingerprint density at radius 3 is 2.00 bits per heavy atom. The summed E-state index contributed by atoms with van der Waals surface area (Å²) in [5.74, 6) is -0.399. The van der Waals surface area contributed by atoms with Crippen molar-refractivity contribution >= 4 is 35.0 Å². The minimum atomic E-state index is -0.637. The number of halogens is 2. The molecule has 0 aliphatic rings. The van der Waals surface area contributed by atoms with E-state index >= 15 is 0 Å². The van der Waals surface area contributed by atoms with E-state index in [1.807, 2.05) is 19.1 Å². The van der Waals surface area contributed by atoms with Gasteiger partial charge in [-0.3, -0.25) is 9.59 Å². The highest BCUT2D eigenvalue weighted by atomic mass is 35.5. The summed E-state index contributed by atoms with van der Waals surface area (Å²) in [5.41, 5.74) is 1.77. The molecule has 6 heteroatoms. The number of hydrogen-bond acceptors (Lipinski definition) is 2. The Bertz CT molecular complexity index is 730. The standard InChI is InChI=1S/C20H22Cl2N2O2/c1-2-11-23-20(26)18(12-14-3-7-16(21)8-4-14)24-19(25)13-15-5-9-17(22)10-6-15/h3-10,18H,2,11-13H2,1H3,(H,23,26)(H,24,25)/t18-/m1/s1. The van der Waals surface area contributed by atoms with Crippen molar-refractivity contribution < 1.29 is 9.59 Å². The van der Waals surface area contributed by atoms with Gasteiger partial charge in [0.25, 0.3) is 0 Å². The largest absolute Gasteiger partial charge is 0.354 e. The van der Waals surface area contributed by atoms with Crippen molar-refractivity contribution in [2.45, 2.75) is 32.2 Å². The molecule has 0 aromatic heterocycles. The minimum Gasteiger partial charge on any atom is -0.354 e. The van der Waals surface area contributed by atoms with E-state index in [1.54, 1.807) is 36.4 Å². The van der Waals surface area contributed by atoms with Gasteiger partial charge in [0.15, 0.2) is 0 Å². The number of rotatable bonds is 8. The van der Waals surface area contributed by atoms with Crippen LogP contribution in [0.2, 0.25) is 10.0 Å². The average Bonchev–Trinajstić information content (AvgIpc) is 2.63. The van der Waals surface area contributed by atoms with Crippen LogP contribution in [0.1, 0.15) is 24.5 Å². The fourth-order valence-corrected chi connectivity index (χ4v) is 2.72. The molecule has 0 bridgehead atoms. The van der Waals surface area contributed by atoms with Gasteiger partial charge in [0.2, 0.25) is 11.8 Å². The second-order valence-corrected chi connectivity index (χ2v) is 6.92. The molecule has 1 atom stereocenters. The Balaban J connectivity index is 2.04. The third-order valence-corrected chi connectivity index (χ3v) is 4.34. The first-order valence-electron chi connectivity index (χ1n) is 8.54. The lowest BCUT2D eigenvalue weighted by molar-refractivity contribution is -0.128. The molecule has 0 saturated carbocycles. The lowest BCUT2D eigenvalue weighted by atomic mass is 10.0. The predicted molar refractivity (Wildman–Crippen MR) is 106 cm³/mol. The number of carbonyl (C=O) groups excluding carboxylic acids is 2. The Labute approximate surface area is 163 Å². The zero-order valence-electron chi connectivity index (χ0n) is 14.6. The molecule has 0 aliphatic carbocycles. The van der Waals surface area contributed by atoms with Crippen LogP contribution in [0.5, 0.6) is 0 Å². The van der Waals surface area contributed by atoms with E-state index < -0.39 is 6.04 Å². The van der Waals surface area contributed by atoms with Gasteiger partial charge in [0.05, 0.1) is 6.42 Å². The minimum absolute atomic E-state index is 0.189. The molecule has 2 N–H and O–H groups in total. The number of hydrogen-bond donors (Lipinski definition) is 2. The molecule has 0 heterocycles. The molecule has 26 heavy (non-hydrogen) atoms. The van der Waals surface area contributed by atoms with Crippen molar-refractivity contribution in [2.24, 2.45) is 0 Å². The summed E-state index contributed by atoms with van der Waals surface area (Å²) in [6, 6.07) is 13.7. The van der Waals surface area contributed by atoms with Gasteiger partial charge in [0, 0.05) is 23.0 Å². The van der Waals surface area contributed by atoms with Crippen molar-refractivity contribution in [3.05, 3.63) is 69.7 Å². The zero-order valence-corrected chi connectivity index (χ0v) is 16.1. The summed E-state index contributed by atoms with van der Waals surface area (Å²) in [5, 5.41) is 6.93. The van der Waals surface area contributed by atoms with Crippen molar-refractivity contribution in [1.29, 1.82) is 0 Å². The summed E-state index contributed by atoms with van der Waals surface area (Å²) in [4.78, 5) is 24.8. The third kappa shape index (κ3) is 6.70. The topological polar surface area (TPSA) is 58.2 Å². The molecular formula is C20H22Cl2N2O2. The fourth-order valence-electron chi connectivity index (χ4n) is 2.47. The number of carbonyl (C=O) groups is 2. The van der Waals surface area contributed by atoms with Crippen molar-refractivity contribution in [3.8, 4) is 0 Å². The highest BCUT2D eigenvalue weighted by molar-refractivity contribution is 6.30. The molecule has 2 aromatic carbocycles. The first-order chi connectivity index (χ1) is 12.5. The predicted octanol–water partition coefficient (Wildman–Crippen LogP) is 3.79. The third-order valence-electron chi connectivity index (χ3n) is 3.83. The van der Waals surface area contributed by atoms with Gasteiger partial charge < -0.3 is 10.6 Å². The van der Waals surface area contributed by atoms with Crippen LogP contribution in [0.3, 0.4) is 0 Å². The quantitative estimate of drug-likeness (QED) is 0.717. The van der Waals surface area contributed by atoms with Crippen molar-refractivity contribution in [1.82, 2.24) is 10.6 Å². The van der Waals surface area contributed by atoms with Crippen LogP contribution in [0.25, 0.3) is 0 Å². The summed E-state index contributed by atoms with van der Waals surface area (Å²) in [6.07, 6.45) is 1.42. The van der Waals surface area contributed by atoms with Gasteiger partial charge >= 0.3 is 0 Å². The lowest BCUT2D eigenvalue weighted by Gasteiger charge is -2.19. The molecule has 0 unspecified atom stereocenters. The first-order valence-corrected chi connectivity index (χ1v) is 9.29. The Morgan fingerprint density at radius 1 is 0.923 bits per heavy atom. The zero-order chi connectivity index (χ0) is 18.9. The molecular weight excluding hydrogens is 371 g/mol. The molecule has 0 radical (unpaired) electrons. The summed E-state index contributed by atoms with van der Waals surface area (Å²) >= 11 is 11.8. The van der Waals surface area contributed by atoms with Gasteiger partial charge in [-0.25, -0.2) is 0 Å². The number of benzene rings is 2. The van der Waals surface area contributed by atoms with Gasteiger partial charge in [-0.15, -0.1) is 0 Å². The van der Waals surface area contributed by atoms with Gasteiger partial charge in [-0.2, -0.15) is 0 Å². The molecule has 2 amide bonds. The maximum Gasteiger partial charge on any atom is 0.242 e. The van der Waals surface area contributed by atoms with Gasteiger partial charge in [0.1, 0.15) is 6.04 Å². The normalized spacial score (nSPS) is 11.7. The molecule has 4 nitrogen and oxygen atoms in total. The average molecular weight is 393 g/mol. The summed E-state index contributed by atoms with van der Waals surface area (Å²) in [6.45, 7) is 2.55. The maximum atomic E-state index is 12.4. The van der Waals surface area contributed by atoms with E-state index in [9.17, 15) is 9.59 Å². The smallest absolute Gasteiger partial charge is 0.242 e. The van der Waals surface area contributed by atoms with E-state index in [0.717, 1.165) is 17.5 Å². The molecule has 138 valence electrons. The van der Waals surface area contributed by atoms with E-state index in [-0.39, 0.29) is 18.2 Å². The van der Waals surface area contributed by atoms with Crippen LogP contribution >= 0.6 is 23.2 Å². The van der Waals surface area contributed by atoms with E-state index in [0.29, 0.717) is 23.0 Å². The monoisotopic (exact) mass is 392 g/mol. The summed E-state index contributed by atoms with van der Waals surface area (Å²) < 4.78 is 0. The molecule has 0 saturated heterocycles. The SMILES string of the molecule is CCCNC(=O)[C@@H](Cc1ccc(Cl)cc1)NC(=O)Cc1ccc(Cl)cc1. The fraction of sp³-hybridized carbons (Fsp3) is 0.300. The van der Waals surface area contributed by atoms with Crippen LogP contribution in [0.4, 0.5) is 0 Å². The molecule has 0 aliphatic heterocycles. The van der Waals surface area contributed by atoms with Crippen molar-refractivity contribution in [2.75, 3.05) is 6.54 Å². The number of amides is 2. The van der Waals surface area contributed by atoms with Crippen LogP contribution in [0, 0.1) is 0 Å². The van der Waals surface area contributed by atoms with Crippen LogP contribution in [-0.2, 0) is 22.4 Å². The van der Waals surface area contributed by atoms with E-state index in [1.165, 1.54) is 0 Å². The highest BCUT2D eigenvalue weighted by Gasteiger charge is 2.21. The second-order valence-electron chi connectivity index (χ2n) is 6.04. The Kier molecular flexibility index (Phi) is 7.95. The van der Waals surface area contributed by atoms with Crippen LogP contribution < -0.4 is 10.6 Å².